The highest BCUT2D eigenvalue weighted by Gasteiger charge is 2.26. The lowest BCUT2D eigenvalue weighted by molar-refractivity contribution is 0.401. The van der Waals surface area contributed by atoms with Gasteiger partial charge in [0, 0.05) is 18.3 Å². The maximum atomic E-state index is 13.4. The second kappa shape index (κ2) is 10.4. The second-order valence-electron chi connectivity index (χ2n) is 8.54. The molecule has 192 valence electrons. The third-order valence-corrected chi connectivity index (χ3v) is 7.59. The number of halogens is 1. The van der Waals surface area contributed by atoms with Crippen LogP contribution in [0.15, 0.2) is 46.1 Å². The van der Waals surface area contributed by atoms with E-state index in [-0.39, 0.29) is 23.1 Å². The van der Waals surface area contributed by atoms with Crippen molar-refractivity contribution in [1.29, 1.82) is 0 Å². The molecule has 1 aliphatic rings. The Morgan fingerprint density at radius 1 is 1.06 bits per heavy atom. The van der Waals surface area contributed by atoms with Crippen LogP contribution in [0.2, 0.25) is 0 Å². The number of aryl methyl sites for hydroxylation is 2. The zero-order valence-corrected chi connectivity index (χ0v) is 21.6. The molecule has 36 heavy (non-hydrogen) atoms. The maximum Gasteiger partial charge on any atom is 0.266 e. The lowest BCUT2D eigenvalue weighted by Crippen LogP contribution is -2.16. The third kappa shape index (κ3) is 4.86. The molecule has 0 atom stereocenters. The molecule has 2 aromatic heterocycles. The lowest BCUT2D eigenvalue weighted by atomic mass is 9.92. The third-order valence-electron chi connectivity index (χ3n) is 6.23. The summed E-state index contributed by atoms with van der Waals surface area (Å²) in [6.45, 7) is 0.864. The highest BCUT2D eigenvalue weighted by atomic mass is 35.5. The van der Waals surface area contributed by atoms with E-state index in [1.807, 2.05) is 12.3 Å². The molecular formula is C24H28ClN5O5S. The van der Waals surface area contributed by atoms with Crippen molar-refractivity contribution in [2.45, 2.75) is 43.7 Å². The van der Waals surface area contributed by atoms with Crippen LogP contribution in [0.5, 0.6) is 11.5 Å². The number of sulfonamides is 1. The van der Waals surface area contributed by atoms with E-state index in [2.05, 4.69) is 15.0 Å². The van der Waals surface area contributed by atoms with E-state index >= 15 is 0 Å². The highest BCUT2D eigenvalue weighted by Crippen LogP contribution is 2.37. The minimum absolute atomic E-state index is 0. The van der Waals surface area contributed by atoms with Gasteiger partial charge in [-0.3, -0.25) is 9.40 Å². The van der Waals surface area contributed by atoms with Crippen molar-refractivity contribution in [1.82, 2.24) is 14.9 Å². The minimum Gasteiger partial charge on any atom is -0.496 e. The number of fused-ring (bicyclic) bond motifs is 2. The molecule has 12 heteroatoms. The smallest absolute Gasteiger partial charge is 0.266 e. The monoisotopic (exact) mass is 533 g/mol. The van der Waals surface area contributed by atoms with Crippen LogP contribution in [0.25, 0.3) is 11.0 Å². The lowest BCUT2D eigenvalue weighted by Gasteiger charge is -2.19. The largest absolute Gasteiger partial charge is 0.496 e. The molecule has 0 spiro atoms. The van der Waals surface area contributed by atoms with E-state index < -0.39 is 10.0 Å². The second-order valence-corrected chi connectivity index (χ2v) is 10.2. The fourth-order valence-corrected chi connectivity index (χ4v) is 5.70. The topological polar surface area (TPSA) is 134 Å². The van der Waals surface area contributed by atoms with Crippen molar-refractivity contribution in [3.8, 4) is 11.5 Å². The number of nitrogens with one attached hydrogen (secondary N) is 1. The van der Waals surface area contributed by atoms with E-state index in [0.29, 0.717) is 35.6 Å². The van der Waals surface area contributed by atoms with Gasteiger partial charge in [-0.05, 0) is 66.6 Å². The molecule has 5 rings (SSSR count). The fraction of sp³-hybridized carbons (Fsp3) is 0.333. The van der Waals surface area contributed by atoms with E-state index in [1.54, 1.807) is 29.1 Å². The normalized spacial score (nSPS) is 13.2. The Labute approximate surface area is 215 Å². The number of hydrogen-bond donors (Lipinski definition) is 2. The van der Waals surface area contributed by atoms with Crippen LogP contribution in [0, 0.1) is 0 Å². The summed E-state index contributed by atoms with van der Waals surface area (Å²) in [4.78, 5) is 0.0711. The highest BCUT2D eigenvalue weighted by molar-refractivity contribution is 7.92. The zero-order chi connectivity index (χ0) is 24.6. The zero-order valence-electron chi connectivity index (χ0n) is 20.0. The standard InChI is InChI=1S/C24H27N5O5S.ClH/c1-32-19-9-17-5-3-4-6-18(17)10-22(19)35(30,31)28-24-23-20(33-2)7-15(8-21(23)34-27-24)13-29-14-16(11-25)12-26-29;/h7-10,12,14H,3-6,11,13,25H2,1-2H3,(H,27,28);1H. The predicted octanol–water partition coefficient (Wildman–Crippen LogP) is 3.65. The van der Waals surface area contributed by atoms with Crippen molar-refractivity contribution in [2.75, 3.05) is 18.9 Å². The van der Waals surface area contributed by atoms with Gasteiger partial charge in [-0.1, -0.05) is 5.16 Å². The van der Waals surface area contributed by atoms with Crippen molar-refractivity contribution in [2.24, 2.45) is 5.73 Å². The summed E-state index contributed by atoms with van der Waals surface area (Å²) >= 11 is 0. The molecule has 0 saturated heterocycles. The van der Waals surface area contributed by atoms with Crippen LogP contribution in [0.3, 0.4) is 0 Å². The van der Waals surface area contributed by atoms with Crippen LogP contribution < -0.4 is 19.9 Å². The summed E-state index contributed by atoms with van der Waals surface area (Å²) in [5.41, 5.74) is 9.98. The first-order chi connectivity index (χ1) is 16.9. The average molecular weight is 534 g/mol. The van der Waals surface area contributed by atoms with Gasteiger partial charge in [0.05, 0.1) is 27.0 Å². The van der Waals surface area contributed by atoms with Crippen LogP contribution in [0.4, 0.5) is 5.82 Å². The average Bonchev–Trinajstić information content (AvgIpc) is 3.49. The van der Waals surface area contributed by atoms with Crippen molar-refractivity contribution < 1.29 is 22.4 Å². The van der Waals surface area contributed by atoms with E-state index in [1.165, 1.54) is 14.2 Å². The van der Waals surface area contributed by atoms with Gasteiger partial charge < -0.3 is 19.7 Å². The van der Waals surface area contributed by atoms with E-state index in [9.17, 15) is 8.42 Å². The molecule has 3 N–H and O–H groups in total. The summed E-state index contributed by atoms with van der Waals surface area (Å²) in [5.74, 6) is 0.781. The van der Waals surface area contributed by atoms with Crippen molar-refractivity contribution in [3.63, 3.8) is 0 Å². The predicted molar refractivity (Wildman–Crippen MR) is 137 cm³/mol. The molecule has 10 nitrogen and oxygen atoms in total. The molecule has 0 fully saturated rings. The number of methoxy groups -OCH3 is 2. The number of nitrogens with zero attached hydrogens (tertiary/aromatic N) is 3. The molecular weight excluding hydrogens is 506 g/mol. The minimum atomic E-state index is -4.01. The number of aromatic nitrogens is 3. The maximum absolute atomic E-state index is 13.4. The van der Waals surface area contributed by atoms with Gasteiger partial charge in [-0.2, -0.15) is 5.10 Å². The van der Waals surface area contributed by atoms with Gasteiger partial charge in [-0.25, -0.2) is 8.42 Å². The van der Waals surface area contributed by atoms with Gasteiger partial charge in [-0.15, -0.1) is 12.4 Å². The summed E-state index contributed by atoms with van der Waals surface area (Å²) in [7, 11) is -1.04. The van der Waals surface area contributed by atoms with Gasteiger partial charge in [0.25, 0.3) is 10.0 Å². The fourth-order valence-electron chi connectivity index (χ4n) is 4.49. The summed E-state index contributed by atoms with van der Waals surface area (Å²) < 4.78 is 47.6. The van der Waals surface area contributed by atoms with E-state index in [4.69, 9.17) is 19.7 Å². The Bertz CT molecular complexity index is 1500. The quantitative estimate of drug-likeness (QED) is 0.350. The van der Waals surface area contributed by atoms with Crippen LogP contribution in [-0.2, 0) is 36.0 Å². The SMILES string of the molecule is COc1cc2c(cc1S(=O)(=O)Nc1noc3cc(Cn4cc(CN)cn4)cc(OC)c13)CCCC2.Cl. The molecule has 0 bridgehead atoms. The number of ether oxygens (including phenoxy) is 2. The molecule has 0 radical (unpaired) electrons. The van der Waals surface area contributed by atoms with Crippen molar-refractivity contribution in [3.05, 3.63) is 58.9 Å². The van der Waals surface area contributed by atoms with Gasteiger partial charge in [0.15, 0.2) is 11.4 Å². The first kappa shape index (κ1) is 25.8. The van der Waals surface area contributed by atoms with Gasteiger partial charge in [0.2, 0.25) is 0 Å². The molecule has 0 saturated carbocycles. The molecule has 2 heterocycles. The summed E-state index contributed by atoms with van der Waals surface area (Å²) in [6, 6.07) is 7.11. The first-order valence-corrected chi connectivity index (χ1v) is 12.8. The van der Waals surface area contributed by atoms with Crippen LogP contribution in [0.1, 0.15) is 35.1 Å². The molecule has 1 aliphatic carbocycles. The molecule has 0 aliphatic heterocycles. The number of nitrogens with two attached hydrogens (primary N) is 1. The molecule has 0 amide bonds. The number of anilines is 1. The Morgan fingerprint density at radius 3 is 2.44 bits per heavy atom. The first-order valence-electron chi connectivity index (χ1n) is 11.3. The van der Waals surface area contributed by atoms with Gasteiger partial charge >= 0.3 is 0 Å². The van der Waals surface area contributed by atoms with Gasteiger partial charge in [0.1, 0.15) is 21.8 Å². The molecule has 0 unspecified atom stereocenters. The Hall–Kier alpha value is -3.28. The summed E-state index contributed by atoms with van der Waals surface area (Å²) in [5, 5.41) is 8.73. The summed E-state index contributed by atoms with van der Waals surface area (Å²) in [6.07, 6.45) is 7.45. The van der Waals surface area contributed by atoms with Crippen molar-refractivity contribution >= 4 is 39.2 Å². The van der Waals surface area contributed by atoms with E-state index in [0.717, 1.165) is 47.9 Å². The van der Waals surface area contributed by atoms with Crippen LogP contribution in [-0.4, -0.2) is 37.6 Å². The van der Waals surface area contributed by atoms with Crippen LogP contribution >= 0.6 is 12.4 Å². The molecule has 4 aromatic rings. The number of rotatable bonds is 8. The molecule has 2 aromatic carbocycles. The Morgan fingerprint density at radius 2 is 1.78 bits per heavy atom. The Kier molecular flexibility index (Phi) is 7.43. The number of benzene rings is 2. The number of hydrogen-bond acceptors (Lipinski definition) is 8. The Balaban J connectivity index is 0.00000304.